The number of hydrogen-bond donors (Lipinski definition) is 2. The topological polar surface area (TPSA) is 52.1 Å². The molecule has 7 heteroatoms. The lowest BCUT2D eigenvalue weighted by Crippen LogP contribution is -2.63. The minimum absolute atomic E-state index is 0. The second kappa shape index (κ2) is 10.2. The maximum absolute atomic E-state index is 5.27. The molecule has 1 aromatic rings. The summed E-state index contributed by atoms with van der Waals surface area (Å²) >= 11 is 0. The van der Waals surface area contributed by atoms with Crippen molar-refractivity contribution < 1.29 is 4.74 Å². The molecule has 4 rings (SSSR count). The van der Waals surface area contributed by atoms with E-state index in [2.05, 4.69) is 33.4 Å². The van der Waals surface area contributed by atoms with Crippen molar-refractivity contribution in [2.75, 3.05) is 52.9 Å². The fourth-order valence-electron chi connectivity index (χ4n) is 3.42. The van der Waals surface area contributed by atoms with Crippen molar-refractivity contribution in [2.24, 2.45) is 4.99 Å². The van der Waals surface area contributed by atoms with Gasteiger partial charge in [-0.1, -0.05) is 12.1 Å². The molecule has 1 unspecified atom stereocenters. The molecular formula is C18H30IN5O. The van der Waals surface area contributed by atoms with Crippen molar-refractivity contribution >= 4 is 29.9 Å². The summed E-state index contributed by atoms with van der Waals surface area (Å²) in [7, 11) is 1.69. The van der Waals surface area contributed by atoms with Crippen molar-refractivity contribution in [3.05, 3.63) is 29.8 Å². The minimum Gasteiger partial charge on any atom is -0.497 e. The van der Waals surface area contributed by atoms with Crippen molar-refractivity contribution in [3.63, 3.8) is 0 Å². The van der Waals surface area contributed by atoms with Crippen molar-refractivity contribution in [2.45, 2.75) is 19.5 Å². The van der Waals surface area contributed by atoms with Gasteiger partial charge in [0.1, 0.15) is 5.75 Å². The third-order valence-corrected chi connectivity index (χ3v) is 4.80. The van der Waals surface area contributed by atoms with Gasteiger partial charge < -0.3 is 15.4 Å². The van der Waals surface area contributed by atoms with Gasteiger partial charge in [0, 0.05) is 51.9 Å². The van der Waals surface area contributed by atoms with Gasteiger partial charge >= 0.3 is 0 Å². The van der Waals surface area contributed by atoms with Gasteiger partial charge in [-0.3, -0.25) is 9.80 Å². The summed E-state index contributed by atoms with van der Waals surface area (Å²) in [5.74, 6) is 1.76. The highest BCUT2D eigenvalue weighted by Crippen LogP contribution is 2.15. The minimum atomic E-state index is 0. The zero-order valence-electron chi connectivity index (χ0n) is 15.2. The molecule has 2 bridgehead atoms. The fraction of sp³-hybridized carbons (Fsp3) is 0.611. The van der Waals surface area contributed by atoms with E-state index in [4.69, 9.17) is 9.73 Å². The molecule has 3 aliphatic heterocycles. The highest BCUT2D eigenvalue weighted by Gasteiger charge is 2.31. The first-order valence-electron chi connectivity index (χ1n) is 8.90. The number of nitrogens with zero attached hydrogens (tertiary/aromatic N) is 3. The predicted molar refractivity (Wildman–Crippen MR) is 113 cm³/mol. The van der Waals surface area contributed by atoms with Gasteiger partial charge in [-0.2, -0.15) is 0 Å². The molecule has 140 valence electrons. The van der Waals surface area contributed by atoms with E-state index in [1.165, 1.54) is 32.7 Å². The summed E-state index contributed by atoms with van der Waals surface area (Å²) in [6.07, 6.45) is 0. The van der Waals surface area contributed by atoms with Gasteiger partial charge in [-0.05, 0) is 24.6 Å². The lowest BCUT2D eigenvalue weighted by atomic mass is 10.1. The van der Waals surface area contributed by atoms with E-state index >= 15 is 0 Å². The Labute approximate surface area is 168 Å². The smallest absolute Gasteiger partial charge is 0.191 e. The van der Waals surface area contributed by atoms with Gasteiger partial charge in [0.25, 0.3) is 0 Å². The summed E-state index contributed by atoms with van der Waals surface area (Å²) < 4.78 is 5.27. The molecule has 2 N–H and O–H groups in total. The lowest BCUT2D eigenvalue weighted by molar-refractivity contribution is 0.0154. The van der Waals surface area contributed by atoms with E-state index in [0.717, 1.165) is 30.4 Å². The van der Waals surface area contributed by atoms with E-state index in [9.17, 15) is 0 Å². The molecule has 0 saturated carbocycles. The molecule has 0 radical (unpaired) electrons. The van der Waals surface area contributed by atoms with Gasteiger partial charge in [0.2, 0.25) is 0 Å². The number of methoxy groups -OCH3 is 1. The number of hydrogen-bond acceptors (Lipinski definition) is 4. The van der Waals surface area contributed by atoms with Crippen LogP contribution in [0.2, 0.25) is 0 Å². The SMILES string of the molecule is CCNC(=NCc1cccc(OC)c1)NCC1CN2CCN1CC2.I. The van der Waals surface area contributed by atoms with Crippen molar-refractivity contribution in [1.29, 1.82) is 0 Å². The largest absolute Gasteiger partial charge is 0.497 e. The quantitative estimate of drug-likeness (QED) is 0.383. The second-order valence-electron chi connectivity index (χ2n) is 6.42. The van der Waals surface area contributed by atoms with Crippen LogP contribution in [0.3, 0.4) is 0 Å². The van der Waals surface area contributed by atoms with Crippen LogP contribution >= 0.6 is 24.0 Å². The molecule has 25 heavy (non-hydrogen) atoms. The zero-order valence-corrected chi connectivity index (χ0v) is 17.5. The highest BCUT2D eigenvalue weighted by molar-refractivity contribution is 14.0. The van der Waals surface area contributed by atoms with Crippen LogP contribution in [0.4, 0.5) is 0 Å². The molecule has 0 aliphatic carbocycles. The van der Waals surface area contributed by atoms with Crippen LogP contribution in [0.25, 0.3) is 0 Å². The second-order valence-corrected chi connectivity index (χ2v) is 6.42. The molecule has 3 aliphatic rings. The molecule has 1 aromatic carbocycles. The van der Waals surface area contributed by atoms with E-state index in [1.54, 1.807) is 7.11 Å². The van der Waals surface area contributed by atoms with Gasteiger partial charge in [-0.25, -0.2) is 4.99 Å². The standard InChI is InChI=1S/C18H29N5O.HI/c1-3-19-18(20-12-15-5-4-6-17(11-15)24-2)21-13-16-14-22-7-9-23(16)10-8-22;/h4-6,11,16H,3,7-10,12-14H2,1-2H3,(H2,19,20,21);1H. The Balaban J connectivity index is 0.00000225. The first-order valence-corrected chi connectivity index (χ1v) is 8.90. The Kier molecular flexibility index (Phi) is 8.25. The molecule has 3 fully saturated rings. The Bertz CT molecular complexity index is 560. The lowest BCUT2D eigenvalue weighted by Gasteiger charge is -2.47. The first kappa shape index (κ1) is 20.3. The Hall–Kier alpha value is -1.06. The monoisotopic (exact) mass is 459 g/mol. The fourth-order valence-corrected chi connectivity index (χ4v) is 3.42. The van der Waals surface area contributed by atoms with Crippen molar-refractivity contribution in [1.82, 2.24) is 20.4 Å². The Morgan fingerprint density at radius 3 is 2.68 bits per heavy atom. The number of halogens is 1. The number of nitrogens with one attached hydrogen (secondary N) is 2. The average molecular weight is 459 g/mol. The number of benzene rings is 1. The van der Waals surface area contributed by atoms with Crippen LogP contribution in [0.5, 0.6) is 5.75 Å². The number of fused-ring (bicyclic) bond motifs is 3. The number of ether oxygens (including phenoxy) is 1. The van der Waals surface area contributed by atoms with E-state index in [-0.39, 0.29) is 24.0 Å². The number of aliphatic imine (C=N–C) groups is 1. The van der Waals surface area contributed by atoms with Gasteiger partial charge in [0.15, 0.2) is 5.96 Å². The molecule has 6 nitrogen and oxygen atoms in total. The Morgan fingerprint density at radius 2 is 2.04 bits per heavy atom. The zero-order chi connectivity index (χ0) is 16.8. The Morgan fingerprint density at radius 1 is 1.24 bits per heavy atom. The predicted octanol–water partition coefficient (Wildman–Crippen LogP) is 1.37. The first-order chi connectivity index (χ1) is 11.8. The van der Waals surface area contributed by atoms with Crippen LogP contribution in [-0.4, -0.2) is 74.7 Å². The molecule has 1 atom stereocenters. The third-order valence-electron chi connectivity index (χ3n) is 4.80. The van der Waals surface area contributed by atoms with E-state index in [0.29, 0.717) is 12.6 Å². The average Bonchev–Trinajstić information content (AvgIpc) is 2.65. The number of piperazine rings is 3. The van der Waals surface area contributed by atoms with E-state index in [1.807, 2.05) is 18.2 Å². The van der Waals surface area contributed by atoms with Gasteiger partial charge in [0.05, 0.1) is 13.7 Å². The molecule has 3 heterocycles. The summed E-state index contributed by atoms with van der Waals surface area (Å²) in [6, 6.07) is 8.66. The summed E-state index contributed by atoms with van der Waals surface area (Å²) in [6.45, 7) is 10.6. The van der Waals surface area contributed by atoms with Crippen LogP contribution in [0.15, 0.2) is 29.3 Å². The van der Waals surface area contributed by atoms with E-state index < -0.39 is 0 Å². The third kappa shape index (κ3) is 5.72. The number of guanidine groups is 1. The van der Waals surface area contributed by atoms with Crippen molar-refractivity contribution in [3.8, 4) is 5.75 Å². The summed E-state index contributed by atoms with van der Waals surface area (Å²) in [5, 5.41) is 6.85. The molecule has 0 aromatic heterocycles. The van der Waals surface area contributed by atoms with Crippen LogP contribution in [0.1, 0.15) is 12.5 Å². The molecule has 3 saturated heterocycles. The van der Waals surface area contributed by atoms with Crippen LogP contribution in [-0.2, 0) is 6.54 Å². The summed E-state index contributed by atoms with van der Waals surface area (Å²) in [5.41, 5.74) is 1.15. The molecular weight excluding hydrogens is 429 g/mol. The molecule has 0 amide bonds. The summed E-state index contributed by atoms with van der Waals surface area (Å²) in [4.78, 5) is 9.87. The highest BCUT2D eigenvalue weighted by atomic mass is 127. The maximum Gasteiger partial charge on any atom is 0.191 e. The maximum atomic E-state index is 5.27. The molecule has 0 spiro atoms. The normalized spacial score (nSPS) is 25.2. The van der Waals surface area contributed by atoms with Crippen LogP contribution < -0.4 is 15.4 Å². The van der Waals surface area contributed by atoms with Crippen LogP contribution in [0, 0.1) is 0 Å². The van der Waals surface area contributed by atoms with Gasteiger partial charge in [-0.15, -0.1) is 24.0 Å². The number of rotatable bonds is 6.